The molecule has 0 aliphatic carbocycles. The van der Waals surface area contributed by atoms with Crippen molar-refractivity contribution in [2.45, 2.75) is 13.0 Å². The number of anilines is 3. The Morgan fingerprint density at radius 1 is 1.00 bits per heavy atom. The van der Waals surface area contributed by atoms with Gasteiger partial charge in [-0.25, -0.2) is 14.2 Å². The molecule has 1 fully saturated rings. The van der Waals surface area contributed by atoms with Gasteiger partial charge >= 0.3 is 6.03 Å². The number of nitrogens with one attached hydrogen (secondary N) is 1. The first-order valence-electron chi connectivity index (χ1n) is 11.5. The minimum atomic E-state index is -0.451. The van der Waals surface area contributed by atoms with E-state index in [-0.39, 0.29) is 17.7 Å². The number of hydrogen-bond donors (Lipinski definition) is 2. The van der Waals surface area contributed by atoms with E-state index in [1.165, 1.54) is 11.6 Å². The van der Waals surface area contributed by atoms with Crippen molar-refractivity contribution in [2.75, 3.05) is 55.7 Å². The van der Waals surface area contributed by atoms with Crippen molar-refractivity contribution in [3.05, 3.63) is 65.5 Å². The molecule has 3 aromatic rings. The molecule has 2 aromatic carbocycles. The Morgan fingerprint density at radius 3 is 2.59 bits per heavy atom. The molecule has 0 saturated carbocycles. The minimum absolute atomic E-state index is 0.181. The van der Waals surface area contributed by atoms with Gasteiger partial charge in [-0.2, -0.15) is 4.98 Å². The fraction of sp³-hybridized carbons (Fsp3) is 0.320. The topological polar surface area (TPSA) is 90.6 Å². The van der Waals surface area contributed by atoms with Crippen molar-refractivity contribution in [1.29, 1.82) is 0 Å². The third-order valence-electron chi connectivity index (χ3n) is 6.47. The highest BCUT2D eigenvalue weighted by atomic mass is 19.1. The zero-order valence-corrected chi connectivity index (χ0v) is 19.2. The molecule has 1 aromatic heterocycles. The summed E-state index contributed by atoms with van der Waals surface area (Å²) in [5, 5.41) is 2.68. The lowest BCUT2D eigenvalue weighted by molar-refractivity contribution is 0.206. The van der Waals surface area contributed by atoms with Crippen LogP contribution in [0, 0.1) is 5.82 Å². The maximum Gasteiger partial charge on any atom is 0.322 e. The highest BCUT2D eigenvalue weighted by Crippen LogP contribution is 2.28. The third kappa shape index (κ3) is 4.65. The number of para-hydroxylation sites is 1. The third-order valence-corrected chi connectivity index (χ3v) is 6.47. The molecule has 0 spiro atoms. The van der Waals surface area contributed by atoms with Crippen molar-refractivity contribution in [1.82, 2.24) is 19.8 Å². The number of nitrogens with two attached hydrogens (primary N) is 1. The lowest BCUT2D eigenvalue weighted by atomic mass is 9.96. The van der Waals surface area contributed by atoms with Crippen LogP contribution in [0.1, 0.15) is 11.1 Å². The summed E-state index contributed by atoms with van der Waals surface area (Å²) in [5.74, 6) is 0.627. The van der Waals surface area contributed by atoms with Crippen LogP contribution in [-0.4, -0.2) is 65.6 Å². The number of aromatic nitrogens is 2. The van der Waals surface area contributed by atoms with Crippen LogP contribution in [0.2, 0.25) is 0 Å². The fourth-order valence-electron chi connectivity index (χ4n) is 4.44. The van der Waals surface area contributed by atoms with E-state index in [1.807, 2.05) is 12.1 Å². The number of nitrogens with zero attached hydrogens (tertiary/aromatic N) is 5. The van der Waals surface area contributed by atoms with Crippen LogP contribution in [0.4, 0.5) is 26.6 Å². The average molecular weight is 462 g/mol. The molecule has 5 rings (SSSR count). The molecular weight excluding hydrogens is 433 g/mol. The lowest BCUT2D eigenvalue weighted by Crippen LogP contribution is -2.44. The first kappa shape index (κ1) is 22.1. The maximum atomic E-state index is 14.0. The molecule has 176 valence electrons. The smallest absolute Gasteiger partial charge is 0.322 e. The van der Waals surface area contributed by atoms with Gasteiger partial charge < -0.3 is 25.8 Å². The second kappa shape index (κ2) is 9.26. The van der Waals surface area contributed by atoms with Gasteiger partial charge in [0.1, 0.15) is 11.6 Å². The number of likely N-dealkylation sites (N-methyl/N-ethyl adjacent to an activating group) is 1. The minimum Gasteiger partial charge on any atom is -0.368 e. The van der Waals surface area contributed by atoms with Crippen molar-refractivity contribution >= 4 is 23.5 Å². The van der Waals surface area contributed by atoms with Crippen molar-refractivity contribution in [3.63, 3.8) is 0 Å². The van der Waals surface area contributed by atoms with Gasteiger partial charge in [0.05, 0.1) is 11.4 Å². The zero-order chi connectivity index (χ0) is 23.7. The Hall–Kier alpha value is -3.72. The van der Waals surface area contributed by atoms with Crippen molar-refractivity contribution < 1.29 is 9.18 Å². The summed E-state index contributed by atoms with van der Waals surface area (Å²) in [6, 6.07) is 14.0. The molecule has 2 amide bonds. The lowest BCUT2D eigenvalue weighted by Gasteiger charge is -2.33. The molecule has 0 atom stereocenters. The van der Waals surface area contributed by atoms with Crippen LogP contribution in [0.3, 0.4) is 0 Å². The summed E-state index contributed by atoms with van der Waals surface area (Å²) in [6.07, 6.45) is 0.735. The molecule has 0 radical (unpaired) electrons. The first-order chi connectivity index (χ1) is 16.5. The van der Waals surface area contributed by atoms with Gasteiger partial charge in [-0.15, -0.1) is 0 Å². The van der Waals surface area contributed by atoms with E-state index in [0.29, 0.717) is 13.1 Å². The Labute approximate surface area is 198 Å². The van der Waals surface area contributed by atoms with E-state index in [9.17, 15) is 9.18 Å². The van der Waals surface area contributed by atoms with Crippen molar-refractivity contribution in [2.24, 2.45) is 0 Å². The number of carbonyl (C=O) groups excluding carboxylic acids is 1. The number of benzene rings is 2. The second-order valence-electron chi connectivity index (χ2n) is 8.82. The second-order valence-corrected chi connectivity index (χ2v) is 8.82. The molecule has 34 heavy (non-hydrogen) atoms. The number of piperazine rings is 1. The predicted molar refractivity (Wildman–Crippen MR) is 131 cm³/mol. The Balaban J connectivity index is 1.36. The number of rotatable bonds is 3. The van der Waals surface area contributed by atoms with E-state index < -0.39 is 5.82 Å². The summed E-state index contributed by atoms with van der Waals surface area (Å²) >= 11 is 0. The summed E-state index contributed by atoms with van der Waals surface area (Å²) in [6.45, 7) is 4.74. The summed E-state index contributed by atoms with van der Waals surface area (Å²) in [7, 11) is 2.12. The van der Waals surface area contributed by atoms with Gasteiger partial charge in [-0.3, -0.25) is 0 Å². The monoisotopic (exact) mass is 461 g/mol. The van der Waals surface area contributed by atoms with Gasteiger partial charge in [0.15, 0.2) is 0 Å². The number of halogens is 1. The van der Waals surface area contributed by atoms with Crippen LogP contribution in [0.25, 0.3) is 11.3 Å². The van der Waals surface area contributed by atoms with Gasteiger partial charge in [-0.1, -0.05) is 24.3 Å². The molecule has 9 heteroatoms. The molecule has 0 unspecified atom stereocenters. The van der Waals surface area contributed by atoms with Crippen LogP contribution >= 0.6 is 0 Å². The van der Waals surface area contributed by atoms with Gasteiger partial charge in [0.25, 0.3) is 0 Å². The number of fused-ring (bicyclic) bond motifs is 1. The Kier molecular flexibility index (Phi) is 6.02. The molecular formula is C25H28FN7O. The highest BCUT2D eigenvalue weighted by molar-refractivity contribution is 5.89. The number of nitrogen functional groups attached to an aromatic ring is 1. The quantitative estimate of drug-likeness (QED) is 0.623. The molecule has 2 aliphatic rings. The summed E-state index contributed by atoms with van der Waals surface area (Å²) < 4.78 is 14.0. The Bertz CT molecular complexity index is 1210. The largest absolute Gasteiger partial charge is 0.368 e. The maximum absolute atomic E-state index is 14.0. The van der Waals surface area contributed by atoms with Gasteiger partial charge in [-0.05, 0) is 42.8 Å². The number of amides is 2. The normalized spacial score (nSPS) is 16.3. The van der Waals surface area contributed by atoms with E-state index in [0.717, 1.165) is 55.2 Å². The molecule has 3 N–H and O–H groups in total. The Morgan fingerprint density at radius 2 is 1.79 bits per heavy atom. The SMILES string of the molecule is CN1CCN(c2cc(-c3ccc4c(c3)CN(C(=O)Nc3ccccc3F)CC4)nc(N)n2)CC1. The van der Waals surface area contributed by atoms with Crippen LogP contribution in [-0.2, 0) is 13.0 Å². The average Bonchev–Trinajstić information content (AvgIpc) is 2.85. The van der Waals surface area contributed by atoms with Crippen molar-refractivity contribution in [3.8, 4) is 11.3 Å². The van der Waals surface area contributed by atoms with Gasteiger partial charge in [0.2, 0.25) is 5.95 Å². The number of urea groups is 1. The zero-order valence-electron chi connectivity index (χ0n) is 19.2. The summed E-state index contributed by atoms with van der Waals surface area (Å²) in [4.78, 5) is 27.9. The first-order valence-corrected chi connectivity index (χ1v) is 11.5. The molecule has 1 saturated heterocycles. The van der Waals surface area contributed by atoms with E-state index >= 15 is 0 Å². The van der Waals surface area contributed by atoms with Crippen LogP contribution in [0.5, 0.6) is 0 Å². The number of hydrogen-bond acceptors (Lipinski definition) is 6. The highest BCUT2D eigenvalue weighted by Gasteiger charge is 2.23. The fourth-order valence-corrected chi connectivity index (χ4v) is 4.44. The van der Waals surface area contributed by atoms with E-state index in [1.54, 1.807) is 23.1 Å². The molecule has 0 bridgehead atoms. The van der Waals surface area contributed by atoms with Crippen LogP contribution < -0.4 is 16.0 Å². The van der Waals surface area contributed by atoms with E-state index in [4.69, 9.17) is 5.73 Å². The standard InChI is InChI=1S/C25H28FN7O/c1-31-10-12-32(13-11-31)23-15-22(28-24(27)30-23)18-7-6-17-8-9-33(16-19(17)14-18)25(34)29-21-5-3-2-4-20(21)26/h2-7,14-15H,8-13,16H2,1H3,(H,29,34)(H2,27,28,30). The van der Waals surface area contributed by atoms with Crippen LogP contribution in [0.15, 0.2) is 48.5 Å². The summed E-state index contributed by atoms with van der Waals surface area (Å²) in [5.41, 5.74) is 10.2. The van der Waals surface area contributed by atoms with E-state index in [2.05, 4.69) is 44.3 Å². The number of carbonyl (C=O) groups is 1. The van der Waals surface area contributed by atoms with Gasteiger partial charge in [0, 0.05) is 50.9 Å². The molecule has 3 heterocycles. The molecule has 8 nitrogen and oxygen atoms in total. The predicted octanol–water partition coefficient (Wildman–Crippen LogP) is 3.21. The molecule has 2 aliphatic heterocycles.